The molecule has 1 nitrogen and oxygen atoms in total. The van der Waals surface area contributed by atoms with Crippen molar-refractivity contribution in [1.82, 2.24) is 0 Å². The molecular formula is C10H9BrO. The van der Waals surface area contributed by atoms with E-state index in [0.717, 1.165) is 11.1 Å². The van der Waals surface area contributed by atoms with Gasteiger partial charge in [-0.2, -0.15) is 0 Å². The lowest BCUT2D eigenvalue weighted by molar-refractivity contribution is 0.439. The molecule has 0 spiro atoms. The summed E-state index contributed by atoms with van der Waals surface area (Å²) in [6, 6.07) is 10.2. The van der Waals surface area contributed by atoms with E-state index in [1.54, 1.807) is 0 Å². The number of rotatable bonds is 2. The van der Waals surface area contributed by atoms with Crippen LogP contribution < -0.4 is 0 Å². The first kappa shape index (κ1) is 8.02. The maximum absolute atomic E-state index is 5.13. The lowest BCUT2D eigenvalue weighted by atomic mass is 10.2. The Hall–Kier alpha value is -0.600. The van der Waals surface area contributed by atoms with Crippen molar-refractivity contribution in [2.75, 3.05) is 6.61 Å². The van der Waals surface area contributed by atoms with E-state index in [1.807, 2.05) is 18.2 Å². The molecule has 0 amide bonds. The van der Waals surface area contributed by atoms with Crippen molar-refractivity contribution in [2.45, 2.75) is 6.10 Å². The maximum Gasteiger partial charge on any atom is 0.112 e. The van der Waals surface area contributed by atoms with Gasteiger partial charge in [0.25, 0.3) is 0 Å². The SMILES string of the molecule is Br/C(=C\c1ccccc1)C1CO1. The van der Waals surface area contributed by atoms with Crippen LogP contribution in [-0.2, 0) is 4.74 Å². The van der Waals surface area contributed by atoms with E-state index in [-0.39, 0.29) is 0 Å². The van der Waals surface area contributed by atoms with Crippen molar-refractivity contribution in [3.05, 3.63) is 40.4 Å². The quantitative estimate of drug-likeness (QED) is 0.705. The second-order valence-corrected chi connectivity index (χ2v) is 3.68. The molecule has 0 aliphatic carbocycles. The largest absolute Gasteiger partial charge is 0.367 e. The molecule has 62 valence electrons. The molecule has 2 rings (SSSR count). The number of halogens is 1. The van der Waals surface area contributed by atoms with Crippen LogP contribution in [0.4, 0.5) is 0 Å². The summed E-state index contributed by atoms with van der Waals surface area (Å²) < 4.78 is 6.26. The van der Waals surface area contributed by atoms with E-state index in [4.69, 9.17) is 4.74 Å². The monoisotopic (exact) mass is 224 g/mol. The van der Waals surface area contributed by atoms with Gasteiger partial charge in [-0.15, -0.1) is 0 Å². The third-order valence-electron chi connectivity index (χ3n) is 1.75. The number of hydrogen-bond acceptors (Lipinski definition) is 1. The Morgan fingerprint density at radius 2 is 2.08 bits per heavy atom. The first-order valence-electron chi connectivity index (χ1n) is 3.90. The summed E-state index contributed by atoms with van der Waals surface area (Å²) in [5.74, 6) is 0. The van der Waals surface area contributed by atoms with Gasteiger partial charge < -0.3 is 4.74 Å². The zero-order valence-electron chi connectivity index (χ0n) is 6.53. The van der Waals surface area contributed by atoms with E-state index in [2.05, 4.69) is 34.1 Å². The Labute approximate surface area is 80.2 Å². The average Bonchev–Trinajstić information content (AvgIpc) is 2.88. The van der Waals surface area contributed by atoms with Crippen LogP contribution in [0.2, 0.25) is 0 Å². The van der Waals surface area contributed by atoms with Crippen LogP contribution in [0.1, 0.15) is 5.56 Å². The van der Waals surface area contributed by atoms with Crippen LogP contribution in [0.3, 0.4) is 0 Å². The Morgan fingerprint density at radius 1 is 1.42 bits per heavy atom. The summed E-state index contributed by atoms with van der Waals surface area (Å²) in [5.41, 5.74) is 1.21. The summed E-state index contributed by atoms with van der Waals surface area (Å²) in [6.07, 6.45) is 2.41. The molecule has 1 atom stereocenters. The highest BCUT2D eigenvalue weighted by Crippen LogP contribution is 2.26. The third kappa shape index (κ3) is 1.96. The minimum absolute atomic E-state index is 0.310. The van der Waals surface area contributed by atoms with Crippen molar-refractivity contribution < 1.29 is 4.74 Å². The second kappa shape index (κ2) is 3.42. The Bertz CT molecular complexity index is 288. The molecule has 1 saturated heterocycles. The van der Waals surface area contributed by atoms with E-state index < -0.39 is 0 Å². The van der Waals surface area contributed by atoms with Gasteiger partial charge >= 0.3 is 0 Å². The topological polar surface area (TPSA) is 12.5 Å². The fourth-order valence-corrected chi connectivity index (χ4v) is 1.54. The van der Waals surface area contributed by atoms with Crippen LogP contribution >= 0.6 is 15.9 Å². The van der Waals surface area contributed by atoms with Gasteiger partial charge in [0.05, 0.1) is 6.61 Å². The summed E-state index contributed by atoms with van der Waals surface area (Å²) in [4.78, 5) is 0. The third-order valence-corrected chi connectivity index (χ3v) is 2.48. The number of ether oxygens (including phenoxy) is 1. The highest BCUT2D eigenvalue weighted by molar-refractivity contribution is 9.11. The zero-order chi connectivity index (χ0) is 8.39. The van der Waals surface area contributed by atoms with Crippen molar-refractivity contribution in [2.24, 2.45) is 0 Å². The van der Waals surface area contributed by atoms with E-state index in [0.29, 0.717) is 6.10 Å². The predicted molar refractivity (Wildman–Crippen MR) is 53.1 cm³/mol. The molecular weight excluding hydrogens is 216 g/mol. The van der Waals surface area contributed by atoms with Gasteiger partial charge in [0.1, 0.15) is 6.10 Å². The summed E-state index contributed by atoms with van der Waals surface area (Å²) in [6.45, 7) is 0.851. The molecule has 0 bridgehead atoms. The summed E-state index contributed by atoms with van der Waals surface area (Å²) >= 11 is 3.48. The Kier molecular flexibility index (Phi) is 2.28. The normalized spacial score (nSPS) is 22.4. The minimum Gasteiger partial charge on any atom is -0.367 e. The lowest BCUT2D eigenvalue weighted by Crippen LogP contribution is -1.82. The van der Waals surface area contributed by atoms with E-state index in [1.165, 1.54) is 5.56 Å². The van der Waals surface area contributed by atoms with Gasteiger partial charge in [-0.05, 0) is 11.6 Å². The molecule has 1 fully saturated rings. The highest BCUT2D eigenvalue weighted by atomic mass is 79.9. The van der Waals surface area contributed by atoms with Crippen LogP contribution in [0.15, 0.2) is 34.8 Å². The molecule has 1 aromatic rings. The maximum atomic E-state index is 5.13. The zero-order valence-corrected chi connectivity index (χ0v) is 8.12. The molecule has 1 unspecified atom stereocenters. The highest BCUT2D eigenvalue weighted by Gasteiger charge is 2.25. The smallest absolute Gasteiger partial charge is 0.112 e. The van der Waals surface area contributed by atoms with Gasteiger partial charge in [-0.1, -0.05) is 46.3 Å². The predicted octanol–water partition coefficient (Wildman–Crippen LogP) is 2.82. The Morgan fingerprint density at radius 3 is 2.67 bits per heavy atom. The van der Waals surface area contributed by atoms with Crippen molar-refractivity contribution >= 4 is 22.0 Å². The Balaban J connectivity index is 2.15. The van der Waals surface area contributed by atoms with E-state index >= 15 is 0 Å². The standard InChI is InChI=1S/C10H9BrO/c11-9(10-7-12-10)6-8-4-2-1-3-5-8/h1-6,10H,7H2/b9-6-. The number of benzene rings is 1. The molecule has 0 radical (unpaired) electrons. The number of epoxide rings is 1. The molecule has 2 heteroatoms. The van der Waals surface area contributed by atoms with Crippen molar-refractivity contribution in [3.8, 4) is 0 Å². The van der Waals surface area contributed by atoms with Gasteiger partial charge in [-0.25, -0.2) is 0 Å². The molecule has 1 aromatic carbocycles. The first-order chi connectivity index (χ1) is 5.86. The van der Waals surface area contributed by atoms with E-state index in [9.17, 15) is 0 Å². The summed E-state index contributed by atoms with van der Waals surface area (Å²) in [5, 5.41) is 0. The molecule has 0 N–H and O–H groups in total. The fourth-order valence-electron chi connectivity index (χ4n) is 1.01. The first-order valence-corrected chi connectivity index (χ1v) is 4.69. The molecule has 12 heavy (non-hydrogen) atoms. The van der Waals surface area contributed by atoms with Gasteiger partial charge in [0.15, 0.2) is 0 Å². The lowest BCUT2D eigenvalue weighted by Gasteiger charge is -1.93. The number of hydrogen-bond donors (Lipinski definition) is 0. The molecule has 0 aromatic heterocycles. The van der Waals surface area contributed by atoms with Crippen molar-refractivity contribution in [1.29, 1.82) is 0 Å². The van der Waals surface area contributed by atoms with Gasteiger partial charge in [0, 0.05) is 4.48 Å². The molecule has 1 heterocycles. The fraction of sp³-hybridized carbons (Fsp3) is 0.200. The van der Waals surface area contributed by atoms with Crippen molar-refractivity contribution in [3.63, 3.8) is 0 Å². The van der Waals surface area contributed by atoms with Crippen LogP contribution in [0.5, 0.6) is 0 Å². The molecule has 0 saturated carbocycles. The van der Waals surface area contributed by atoms with Crippen LogP contribution in [-0.4, -0.2) is 12.7 Å². The molecule has 1 aliphatic heterocycles. The van der Waals surface area contributed by atoms with Crippen LogP contribution in [0.25, 0.3) is 6.08 Å². The van der Waals surface area contributed by atoms with Crippen LogP contribution in [0, 0.1) is 0 Å². The average molecular weight is 225 g/mol. The summed E-state index contributed by atoms with van der Waals surface area (Å²) in [7, 11) is 0. The van der Waals surface area contributed by atoms with Gasteiger partial charge in [-0.3, -0.25) is 0 Å². The second-order valence-electron chi connectivity index (χ2n) is 2.76. The van der Waals surface area contributed by atoms with Gasteiger partial charge in [0.2, 0.25) is 0 Å². The molecule has 1 aliphatic rings. The minimum atomic E-state index is 0.310.